The Morgan fingerprint density at radius 3 is 2.38 bits per heavy atom. The zero-order chi connectivity index (χ0) is 28.1. The van der Waals surface area contributed by atoms with E-state index >= 15 is 0 Å². The molecular formula is C32H32FN3O4. The Labute approximate surface area is 233 Å². The summed E-state index contributed by atoms with van der Waals surface area (Å²) < 4.78 is 26.3. The number of benzene rings is 3. The van der Waals surface area contributed by atoms with Gasteiger partial charge in [-0.15, -0.1) is 0 Å². The van der Waals surface area contributed by atoms with Gasteiger partial charge in [0.05, 0.1) is 6.54 Å². The summed E-state index contributed by atoms with van der Waals surface area (Å²) in [5, 5.41) is 0. The molecule has 0 N–H and O–H groups in total. The number of aromatic nitrogens is 1. The largest absolute Gasteiger partial charge is 0.454 e. The topological polar surface area (TPSA) is 64.0 Å². The van der Waals surface area contributed by atoms with Gasteiger partial charge in [-0.25, -0.2) is 4.39 Å². The second-order valence-corrected chi connectivity index (χ2v) is 10.1. The van der Waals surface area contributed by atoms with Crippen LogP contribution in [0.3, 0.4) is 0 Å². The summed E-state index contributed by atoms with van der Waals surface area (Å²) in [5.74, 6) is 0.429. The standard InChI is InChI=1S/C32H32FN3O4/c1-23(2)36(32(38)26-12-15-29-30(17-26)40-22-39-29)21-31(37)35(19-24-7-4-3-5-8-24)20-28-9-6-16-34(28)18-25-10-13-27(33)14-11-25/h3-17,23H,18-22H2,1-2H3. The van der Waals surface area contributed by atoms with Crippen LogP contribution in [0.25, 0.3) is 0 Å². The van der Waals surface area contributed by atoms with Crippen LogP contribution >= 0.6 is 0 Å². The minimum absolute atomic E-state index is 0.0730. The van der Waals surface area contributed by atoms with E-state index in [0.29, 0.717) is 36.7 Å². The van der Waals surface area contributed by atoms with E-state index in [0.717, 1.165) is 16.8 Å². The lowest BCUT2D eigenvalue weighted by atomic mass is 10.1. The number of carbonyl (C=O) groups excluding carboxylic acids is 2. The van der Waals surface area contributed by atoms with Crippen LogP contribution in [0, 0.1) is 5.82 Å². The highest BCUT2D eigenvalue weighted by Crippen LogP contribution is 2.33. The second kappa shape index (κ2) is 12.1. The molecule has 0 spiro atoms. The molecule has 1 aliphatic heterocycles. The van der Waals surface area contributed by atoms with E-state index in [-0.39, 0.29) is 37.0 Å². The van der Waals surface area contributed by atoms with E-state index < -0.39 is 0 Å². The summed E-state index contributed by atoms with van der Waals surface area (Å²) in [6.45, 7) is 5.14. The third kappa shape index (κ3) is 6.34. The molecule has 0 atom stereocenters. The smallest absolute Gasteiger partial charge is 0.254 e. The molecule has 3 aromatic carbocycles. The molecule has 4 aromatic rings. The highest BCUT2D eigenvalue weighted by molar-refractivity contribution is 5.97. The normalized spacial score (nSPS) is 12.0. The van der Waals surface area contributed by atoms with Gasteiger partial charge in [-0.05, 0) is 67.4 Å². The van der Waals surface area contributed by atoms with E-state index in [4.69, 9.17) is 9.47 Å². The number of fused-ring (bicyclic) bond motifs is 1. The van der Waals surface area contributed by atoms with Crippen LogP contribution in [0.5, 0.6) is 11.5 Å². The van der Waals surface area contributed by atoms with Crippen molar-refractivity contribution in [2.75, 3.05) is 13.3 Å². The lowest BCUT2D eigenvalue weighted by molar-refractivity contribution is -0.133. The lowest BCUT2D eigenvalue weighted by Gasteiger charge is -2.30. The molecule has 0 radical (unpaired) electrons. The Morgan fingerprint density at radius 2 is 1.62 bits per heavy atom. The fraction of sp³-hybridized carbons (Fsp3) is 0.250. The molecule has 40 heavy (non-hydrogen) atoms. The number of ether oxygens (including phenoxy) is 2. The molecule has 1 aromatic heterocycles. The number of nitrogens with zero attached hydrogens (tertiary/aromatic N) is 3. The van der Waals surface area contributed by atoms with Gasteiger partial charge in [-0.3, -0.25) is 9.59 Å². The Kier molecular flexibility index (Phi) is 8.15. The van der Waals surface area contributed by atoms with Crippen molar-refractivity contribution in [1.29, 1.82) is 0 Å². The van der Waals surface area contributed by atoms with Crippen LogP contribution in [0.15, 0.2) is 91.1 Å². The van der Waals surface area contributed by atoms with Gasteiger partial charge in [0.25, 0.3) is 5.91 Å². The van der Waals surface area contributed by atoms with Crippen molar-refractivity contribution in [1.82, 2.24) is 14.4 Å². The van der Waals surface area contributed by atoms with Gasteiger partial charge in [0, 0.05) is 36.6 Å². The molecule has 0 fully saturated rings. The summed E-state index contributed by atoms with van der Waals surface area (Å²) >= 11 is 0. The Bertz CT molecular complexity index is 1470. The van der Waals surface area contributed by atoms with E-state index in [1.807, 2.05) is 62.5 Å². The zero-order valence-electron chi connectivity index (χ0n) is 22.6. The van der Waals surface area contributed by atoms with Crippen molar-refractivity contribution in [3.05, 3.63) is 119 Å². The number of hydrogen-bond donors (Lipinski definition) is 0. The molecule has 8 heteroatoms. The molecule has 0 unspecified atom stereocenters. The van der Waals surface area contributed by atoms with E-state index in [9.17, 15) is 14.0 Å². The quantitative estimate of drug-likeness (QED) is 0.267. The highest BCUT2D eigenvalue weighted by atomic mass is 19.1. The molecule has 2 amide bonds. The average molecular weight is 542 g/mol. The number of carbonyl (C=O) groups is 2. The Hall–Kier alpha value is -4.59. The first-order valence-electron chi connectivity index (χ1n) is 13.3. The first-order valence-corrected chi connectivity index (χ1v) is 13.3. The maximum Gasteiger partial charge on any atom is 0.254 e. The maximum absolute atomic E-state index is 13.9. The van der Waals surface area contributed by atoms with E-state index in [2.05, 4.69) is 4.57 Å². The van der Waals surface area contributed by atoms with Gasteiger partial charge in [-0.1, -0.05) is 42.5 Å². The lowest BCUT2D eigenvalue weighted by Crippen LogP contribution is -2.45. The second-order valence-electron chi connectivity index (χ2n) is 10.1. The van der Waals surface area contributed by atoms with E-state index in [1.165, 1.54) is 12.1 Å². The molecule has 7 nitrogen and oxygen atoms in total. The molecule has 1 aliphatic rings. The number of rotatable bonds is 10. The van der Waals surface area contributed by atoms with Gasteiger partial charge in [0.15, 0.2) is 11.5 Å². The Morgan fingerprint density at radius 1 is 0.875 bits per heavy atom. The molecular weight excluding hydrogens is 509 g/mol. The fourth-order valence-electron chi connectivity index (χ4n) is 4.70. The molecule has 2 heterocycles. The van der Waals surface area contributed by atoms with Gasteiger partial charge < -0.3 is 23.8 Å². The minimum Gasteiger partial charge on any atom is -0.454 e. The molecule has 206 valence electrons. The van der Waals surface area contributed by atoms with Gasteiger partial charge in [-0.2, -0.15) is 0 Å². The van der Waals surface area contributed by atoms with Crippen LogP contribution in [0.4, 0.5) is 4.39 Å². The predicted octanol–water partition coefficient (Wildman–Crippen LogP) is 5.48. The molecule has 0 bridgehead atoms. The minimum atomic E-state index is -0.277. The van der Waals surface area contributed by atoms with Crippen molar-refractivity contribution in [3.63, 3.8) is 0 Å². The van der Waals surface area contributed by atoms with Crippen LogP contribution in [-0.4, -0.2) is 45.6 Å². The predicted molar refractivity (Wildman–Crippen MR) is 149 cm³/mol. The molecule has 0 saturated heterocycles. The number of amides is 2. The molecule has 5 rings (SSSR count). The summed E-state index contributed by atoms with van der Waals surface area (Å²) in [6, 6.07) is 25.0. The summed E-state index contributed by atoms with van der Waals surface area (Å²) in [4.78, 5) is 30.7. The van der Waals surface area contributed by atoms with Gasteiger partial charge >= 0.3 is 0 Å². The van der Waals surface area contributed by atoms with Crippen molar-refractivity contribution >= 4 is 11.8 Å². The first-order chi connectivity index (χ1) is 19.4. The van der Waals surface area contributed by atoms with Crippen molar-refractivity contribution in [3.8, 4) is 11.5 Å². The summed E-state index contributed by atoms with van der Waals surface area (Å²) in [6.07, 6.45) is 1.95. The monoisotopic (exact) mass is 541 g/mol. The summed E-state index contributed by atoms with van der Waals surface area (Å²) in [5.41, 5.74) is 3.33. The number of hydrogen-bond acceptors (Lipinski definition) is 4. The van der Waals surface area contributed by atoms with Crippen molar-refractivity contribution in [2.45, 2.75) is 39.5 Å². The van der Waals surface area contributed by atoms with Crippen LogP contribution in [-0.2, 0) is 24.4 Å². The van der Waals surface area contributed by atoms with Crippen LogP contribution < -0.4 is 9.47 Å². The van der Waals surface area contributed by atoms with E-state index in [1.54, 1.807) is 40.1 Å². The van der Waals surface area contributed by atoms with Crippen molar-refractivity contribution in [2.24, 2.45) is 0 Å². The zero-order valence-corrected chi connectivity index (χ0v) is 22.6. The first kappa shape index (κ1) is 27.0. The van der Waals surface area contributed by atoms with Crippen molar-refractivity contribution < 1.29 is 23.5 Å². The average Bonchev–Trinajstić information content (AvgIpc) is 3.61. The van der Waals surface area contributed by atoms with Gasteiger partial charge in [0.1, 0.15) is 12.4 Å². The molecule has 0 aliphatic carbocycles. The third-order valence-corrected chi connectivity index (χ3v) is 6.92. The van der Waals surface area contributed by atoms with Gasteiger partial charge in [0.2, 0.25) is 12.7 Å². The molecule has 0 saturated carbocycles. The maximum atomic E-state index is 13.9. The third-order valence-electron chi connectivity index (χ3n) is 6.92. The highest BCUT2D eigenvalue weighted by Gasteiger charge is 2.27. The summed E-state index contributed by atoms with van der Waals surface area (Å²) in [7, 11) is 0. The number of halogens is 1. The fourth-order valence-corrected chi connectivity index (χ4v) is 4.70. The SMILES string of the molecule is CC(C)N(CC(=O)N(Cc1ccccc1)Cc1cccn1Cc1ccc(F)cc1)C(=O)c1ccc2c(c1)OCO2. The van der Waals surface area contributed by atoms with Crippen LogP contribution in [0.1, 0.15) is 41.0 Å². The Balaban J connectivity index is 1.36. The van der Waals surface area contributed by atoms with Crippen LogP contribution in [0.2, 0.25) is 0 Å².